The van der Waals surface area contributed by atoms with E-state index in [2.05, 4.69) is 0 Å². The van der Waals surface area contributed by atoms with E-state index in [0.29, 0.717) is 17.9 Å². The summed E-state index contributed by atoms with van der Waals surface area (Å²) >= 11 is 0. The number of rotatable bonds is 4. The van der Waals surface area contributed by atoms with Crippen LogP contribution in [-0.2, 0) is 6.54 Å². The quantitative estimate of drug-likeness (QED) is 0.575. The van der Waals surface area contributed by atoms with Crippen molar-refractivity contribution >= 4 is 16.8 Å². The van der Waals surface area contributed by atoms with Crippen molar-refractivity contribution in [2.24, 2.45) is 0 Å². The Labute approximate surface area is 131 Å². The number of ether oxygens (including phenoxy) is 1. The van der Waals surface area contributed by atoms with E-state index < -0.39 is 5.91 Å². The summed E-state index contributed by atoms with van der Waals surface area (Å²) in [4.78, 5) is 11.5. The molecule has 0 radical (unpaired) electrons. The van der Waals surface area contributed by atoms with Crippen LogP contribution in [0.3, 0.4) is 0 Å². The molecule has 2 aromatic carbocycles. The molecule has 0 bridgehead atoms. The van der Waals surface area contributed by atoms with Crippen molar-refractivity contribution in [1.82, 2.24) is 10.0 Å². The van der Waals surface area contributed by atoms with Crippen LogP contribution >= 0.6 is 0 Å². The highest BCUT2D eigenvalue weighted by molar-refractivity contribution is 5.97. The second kappa shape index (κ2) is 6.10. The summed E-state index contributed by atoms with van der Waals surface area (Å²) in [5.41, 5.74) is 3.52. The molecule has 0 spiro atoms. The van der Waals surface area contributed by atoms with Crippen molar-refractivity contribution in [2.45, 2.75) is 6.54 Å². The van der Waals surface area contributed by atoms with Crippen molar-refractivity contribution in [3.63, 3.8) is 0 Å². The van der Waals surface area contributed by atoms with Crippen molar-refractivity contribution < 1.29 is 19.1 Å². The first-order chi connectivity index (χ1) is 11.1. The summed E-state index contributed by atoms with van der Waals surface area (Å²) in [5, 5.41) is 9.69. The molecule has 0 unspecified atom stereocenters. The zero-order valence-electron chi connectivity index (χ0n) is 12.4. The van der Waals surface area contributed by atoms with Gasteiger partial charge in [-0.3, -0.25) is 10.0 Å². The molecule has 0 aliphatic carbocycles. The highest BCUT2D eigenvalue weighted by Gasteiger charge is 2.09. The number of halogens is 1. The van der Waals surface area contributed by atoms with Crippen LogP contribution in [0, 0.1) is 5.82 Å². The van der Waals surface area contributed by atoms with Crippen molar-refractivity contribution in [3.8, 4) is 5.75 Å². The van der Waals surface area contributed by atoms with E-state index in [4.69, 9.17) is 9.94 Å². The van der Waals surface area contributed by atoms with E-state index in [1.807, 2.05) is 16.8 Å². The van der Waals surface area contributed by atoms with Gasteiger partial charge in [0.25, 0.3) is 5.91 Å². The number of carbonyl (C=O) groups excluding carboxylic acids is 1. The van der Waals surface area contributed by atoms with E-state index in [1.165, 1.54) is 19.2 Å². The fourth-order valence-corrected chi connectivity index (χ4v) is 2.55. The topological polar surface area (TPSA) is 63.5 Å². The number of nitrogens with zero attached hydrogens (tertiary/aromatic N) is 1. The molecule has 2 N–H and O–H groups in total. The average molecular weight is 314 g/mol. The lowest BCUT2D eigenvalue weighted by molar-refractivity contribution is 0.0706. The van der Waals surface area contributed by atoms with Gasteiger partial charge in [-0.15, -0.1) is 0 Å². The number of aromatic nitrogens is 1. The Hall–Kier alpha value is -2.86. The van der Waals surface area contributed by atoms with Gasteiger partial charge in [0.15, 0.2) is 0 Å². The number of benzene rings is 2. The van der Waals surface area contributed by atoms with Crippen LogP contribution < -0.4 is 10.2 Å². The molecule has 0 saturated heterocycles. The molecule has 0 fully saturated rings. The smallest absolute Gasteiger partial charge is 0.274 e. The Morgan fingerprint density at radius 3 is 2.83 bits per heavy atom. The molecule has 0 saturated carbocycles. The van der Waals surface area contributed by atoms with Gasteiger partial charge in [0.05, 0.1) is 7.11 Å². The fourth-order valence-electron chi connectivity index (χ4n) is 2.55. The SMILES string of the molecule is COc1cc(F)cc(Cn2ccc3ccc(C(=O)NO)cc32)c1. The molecular weight excluding hydrogens is 299 g/mol. The van der Waals surface area contributed by atoms with E-state index in [-0.39, 0.29) is 5.82 Å². The van der Waals surface area contributed by atoms with Gasteiger partial charge in [-0.1, -0.05) is 6.07 Å². The van der Waals surface area contributed by atoms with Crippen LogP contribution in [0.25, 0.3) is 10.9 Å². The van der Waals surface area contributed by atoms with E-state index in [1.54, 1.807) is 29.7 Å². The Kier molecular flexibility index (Phi) is 3.99. The van der Waals surface area contributed by atoms with Crippen molar-refractivity contribution in [2.75, 3.05) is 7.11 Å². The standard InChI is InChI=1S/C17H15FN2O3/c1-23-15-7-11(6-14(18)9-15)10-20-5-4-12-2-3-13(8-16(12)20)17(21)19-22/h2-9,22H,10H2,1H3,(H,19,21). The maximum Gasteiger partial charge on any atom is 0.274 e. The van der Waals surface area contributed by atoms with Gasteiger partial charge in [-0.05, 0) is 41.3 Å². The van der Waals surface area contributed by atoms with Gasteiger partial charge >= 0.3 is 0 Å². The Morgan fingerprint density at radius 1 is 1.26 bits per heavy atom. The largest absolute Gasteiger partial charge is 0.497 e. The predicted octanol–water partition coefficient (Wildman–Crippen LogP) is 2.96. The number of hydrogen-bond donors (Lipinski definition) is 2. The normalized spacial score (nSPS) is 10.7. The monoisotopic (exact) mass is 314 g/mol. The van der Waals surface area contributed by atoms with Gasteiger partial charge in [-0.2, -0.15) is 0 Å². The van der Waals surface area contributed by atoms with Crippen LogP contribution in [-0.4, -0.2) is 22.8 Å². The first kappa shape index (κ1) is 15.1. The van der Waals surface area contributed by atoms with Crippen LogP contribution in [0.15, 0.2) is 48.7 Å². The number of hydroxylamine groups is 1. The third kappa shape index (κ3) is 3.02. The summed E-state index contributed by atoms with van der Waals surface area (Å²) in [6.45, 7) is 0.432. The molecule has 6 heteroatoms. The molecule has 3 aromatic rings. The summed E-state index contributed by atoms with van der Waals surface area (Å²) < 4.78 is 20.6. The van der Waals surface area contributed by atoms with Crippen LogP contribution in [0.2, 0.25) is 0 Å². The number of nitrogens with one attached hydrogen (secondary N) is 1. The molecule has 5 nitrogen and oxygen atoms in total. The fraction of sp³-hybridized carbons (Fsp3) is 0.118. The molecule has 0 atom stereocenters. The lowest BCUT2D eigenvalue weighted by Crippen LogP contribution is -2.18. The van der Waals surface area contributed by atoms with Crippen LogP contribution in [0.1, 0.15) is 15.9 Å². The Balaban J connectivity index is 2.00. The van der Waals surface area contributed by atoms with Gasteiger partial charge in [0.1, 0.15) is 11.6 Å². The molecule has 1 aromatic heterocycles. The average Bonchev–Trinajstić information content (AvgIpc) is 2.95. The summed E-state index contributed by atoms with van der Waals surface area (Å²) in [5.74, 6) is -0.486. The van der Waals surface area contributed by atoms with Gasteiger partial charge in [-0.25, -0.2) is 9.87 Å². The summed E-state index contributed by atoms with van der Waals surface area (Å²) in [7, 11) is 1.49. The minimum atomic E-state index is -0.577. The summed E-state index contributed by atoms with van der Waals surface area (Å²) in [6, 6.07) is 11.5. The van der Waals surface area contributed by atoms with Crippen molar-refractivity contribution in [3.05, 3.63) is 65.6 Å². The van der Waals surface area contributed by atoms with Gasteiger partial charge in [0, 0.05) is 29.9 Å². The molecule has 23 heavy (non-hydrogen) atoms. The molecular formula is C17H15FN2O3. The molecule has 0 aliphatic rings. The third-order valence-electron chi connectivity index (χ3n) is 3.66. The first-order valence-corrected chi connectivity index (χ1v) is 6.97. The Bertz CT molecular complexity index is 873. The zero-order valence-corrected chi connectivity index (χ0v) is 12.4. The van der Waals surface area contributed by atoms with Gasteiger partial charge in [0.2, 0.25) is 0 Å². The van der Waals surface area contributed by atoms with E-state index >= 15 is 0 Å². The predicted molar refractivity (Wildman–Crippen MR) is 83.2 cm³/mol. The second-order valence-corrected chi connectivity index (χ2v) is 5.16. The van der Waals surface area contributed by atoms with E-state index in [9.17, 15) is 9.18 Å². The molecule has 118 valence electrons. The number of carbonyl (C=O) groups is 1. The molecule has 1 heterocycles. The molecule has 1 amide bonds. The highest BCUT2D eigenvalue weighted by atomic mass is 19.1. The minimum Gasteiger partial charge on any atom is -0.497 e. The third-order valence-corrected chi connectivity index (χ3v) is 3.66. The number of hydrogen-bond acceptors (Lipinski definition) is 3. The highest BCUT2D eigenvalue weighted by Crippen LogP contribution is 2.21. The first-order valence-electron chi connectivity index (χ1n) is 6.97. The van der Waals surface area contributed by atoms with Crippen LogP contribution in [0.4, 0.5) is 4.39 Å². The number of methoxy groups -OCH3 is 1. The maximum atomic E-state index is 13.6. The lowest BCUT2D eigenvalue weighted by atomic mass is 10.1. The van der Waals surface area contributed by atoms with E-state index in [0.717, 1.165) is 16.5 Å². The Morgan fingerprint density at radius 2 is 2.09 bits per heavy atom. The van der Waals surface area contributed by atoms with Crippen molar-refractivity contribution in [1.29, 1.82) is 0 Å². The lowest BCUT2D eigenvalue weighted by Gasteiger charge is -2.09. The maximum absolute atomic E-state index is 13.6. The number of amides is 1. The zero-order chi connectivity index (χ0) is 16.4. The van der Waals surface area contributed by atoms with Crippen LogP contribution in [0.5, 0.6) is 5.75 Å². The number of fused-ring (bicyclic) bond motifs is 1. The van der Waals surface area contributed by atoms with Gasteiger partial charge < -0.3 is 9.30 Å². The molecule has 3 rings (SSSR count). The minimum absolute atomic E-state index is 0.344. The molecule has 0 aliphatic heterocycles. The summed E-state index contributed by atoms with van der Waals surface area (Å²) in [6.07, 6.45) is 1.86. The second-order valence-electron chi connectivity index (χ2n) is 5.16.